The summed E-state index contributed by atoms with van der Waals surface area (Å²) in [6.45, 7) is 3.08. The van der Waals surface area contributed by atoms with Crippen LogP contribution in [0.15, 0.2) is 81.4 Å². The van der Waals surface area contributed by atoms with Crippen LogP contribution in [0.3, 0.4) is 0 Å². The maximum Gasteiger partial charge on any atom is 0.262 e. The minimum Gasteiger partial charge on any atom is -0.280 e. The van der Waals surface area contributed by atoms with E-state index in [4.69, 9.17) is 0 Å². The van der Waals surface area contributed by atoms with E-state index in [9.17, 15) is 21.2 Å². The summed E-state index contributed by atoms with van der Waals surface area (Å²) < 4.78 is 67.2. The van der Waals surface area contributed by atoms with Crippen molar-refractivity contribution in [3.05, 3.63) is 83.7 Å². The highest BCUT2D eigenvalue weighted by Gasteiger charge is 2.26. The van der Waals surface area contributed by atoms with Crippen LogP contribution in [-0.2, 0) is 19.9 Å². The van der Waals surface area contributed by atoms with Crippen LogP contribution in [0, 0.1) is 19.7 Å². The average molecular weight is 419 g/mol. The summed E-state index contributed by atoms with van der Waals surface area (Å²) in [6.07, 6.45) is 0. The normalized spacial score (nSPS) is 12.0. The first-order valence-electron chi connectivity index (χ1n) is 8.31. The number of aryl methyl sites for hydroxylation is 1. The van der Waals surface area contributed by atoms with Gasteiger partial charge in [0, 0.05) is 5.69 Å². The first kappa shape index (κ1) is 20.0. The predicted molar refractivity (Wildman–Crippen MR) is 105 cm³/mol. The molecule has 5 nitrogen and oxygen atoms in total. The molecular weight excluding hydrogens is 401 g/mol. The van der Waals surface area contributed by atoms with Crippen LogP contribution in [0.4, 0.5) is 10.1 Å². The largest absolute Gasteiger partial charge is 0.280 e. The van der Waals surface area contributed by atoms with Gasteiger partial charge in [0.25, 0.3) is 10.0 Å². The molecule has 3 rings (SSSR count). The molecule has 146 valence electrons. The maximum atomic E-state index is 13.1. The van der Waals surface area contributed by atoms with Crippen molar-refractivity contribution >= 4 is 25.5 Å². The van der Waals surface area contributed by atoms with Crippen LogP contribution < -0.4 is 4.72 Å². The van der Waals surface area contributed by atoms with Crippen molar-refractivity contribution in [2.45, 2.75) is 28.5 Å². The Hall–Kier alpha value is -2.71. The molecule has 0 bridgehead atoms. The van der Waals surface area contributed by atoms with E-state index in [1.807, 2.05) is 0 Å². The van der Waals surface area contributed by atoms with Gasteiger partial charge in [0.2, 0.25) is 9.84 Å². The van der Waals surface area contributed by atoms with Gasteiger partial charge in [-0.1, -0.05) is 18.2 Å². The third kappa shape index (κ3) is 3.93. The summed E-state index contributed by atoms with van der Waals surface area (Å²) in [4.78, 5) is -0.136. The number of hydrogen-bond donors (Lipinski definition) is 1. The Morgan fingerprint density at radius 2 is 1.36 bits per heavy atom. The molecule has 0 spiro atoms. The minimum atomic E-state index is -4.08. The highest BCUT2D eigenvalue weighted by molar-refractivity contribution is 7.93. The lowest BCUT2D eigenvalue weighted by Gasteiger charge is -2.15. The molecule has 0 saturated carbocycles. The van der Waals surface area contributed by atoms with Crippen LogP contribution in [0.2, 0.25) is 0 Å². The smallest absolute Gasteiger partial charge is 0.262 e. The fraction of sp³-hybridized carbons (Fsp3) is 0.100. The molecule has 0 amide bonds. The Kier molecular flexibility index (Phi) is 5.27. The summed E-state index contributed by atoms with van der Waals surface area (Å²) in [5, 5.41) is 0. The third-order valence-corrected chi connectivity index (χ3v) is 7.59. The highest BCUT2D eigenvalue weighted by Crippen LogP contribution is 2.30. The van der Waals surface area contributed by atoms with Crippen LogP contribution in [-0.4, -0.2) is 16.8 Å². The number of rotatable bonds is 5. The molecule has 0 aromatic heterocycles. The summed E-state index contributed by atoms with van der Waals surface area (Å²) >= 11 is 0. The van der Waals surface area contributed by atoms with Crippen molar-refractivity contribution in [3.63, 3.8) is 0 Å². The highest BCUT2D eigenvalue weighted by atomic mass is 32.2. The second kappa shape index (κ2) is 7.37. The van der Waals surface area contributed by atoms with Gasteiger partial charge >= 0.3 is 0 Å². The van der Waals surface area contributed by atoms with Crippen molar-refractivity contribution in [2.24, 2.45) is 0 Å². The minimum absolute atomic E-state index is 0.0711. The topological polar surface area (TPSA) is 80.3 Å². The second-order valence-electron chi connectivity index (χ2n) is 6.32. The van der Waals surface area contributed by atoms with Crippen LogP contribution in [0.5, 0.6) is 0 Å². The molecule has 0 radical (unpaired) electrons. The molecular formula is C20H18FNO4S2. The first-order valence-corrected chi connectivity index (χ1v) is 11.3. The number of benzene rings is 3. The number of sulfonamides is 1. The molecule has 0 fully saturated rings. The lowest BCUT2D eigenvalue weighted by atomic mass is 10.2. The van der Waals surface area contributed by atoms with E-state index in [1.165, 1.54) is 43.3 Å². The summed E-state index contributed by atoms with van der Waals surface area (Å²) in [5.41, 5.74) is 0.776. The van der Waals surface area contributed by atoms with Gasteiger partial charge in [-0.25, -0.2) is 21.2 Å². The average Bonchev–Trinajstić information content (AvgIpc) is 2.65. The molecule has 0 saturated heterocycles. The van der Waals surface area contributed by atoms with E-state index < -0.39 is 25.7 Å². The number of nitrogens with one attached hydrogen (secondary N) is 1. The number of hydrogen-bond acceptors (Lipinski definition) is 4. The Morgan fingerprint density at radius 3 is 1.96 bits per heavy atom. The quantitative estimate of drug-likeness (QED) is 0.676. The standard InChI is InChI=1S/C20H18FNO4S2/c1-14-12-19(27(23,24)18-6-4-3-5-7-18)15(2)20(13-14)28(25,26)22-17-10-8-16(21)9-11-17/h3-13,22H,1-2H3. The van der Waals surface area contributed by atoms with Crippen LogP contribution in [0.25, 0.3) is 0 Å². The van der Waals surface area contributed by atoms with Gasteiger partial charge in [-0.2, -0.15) is 0 Å². The van der Waals surface area contributed by atoms with Gasteiger partial charge in [0.05, 0.1) is 14.7 Å². The fourth-order valence-electron chi connectivity index (χ4n) is 2.81. The lowest BCUT2D eigenvalue weighted by Crippen LogP contribution is -2.16. The molecule has 1 N–H and O–H groups in total. The maximum absolute atomic E-state index is 13.1. The molecule has 0 aliphatic rings. The molecule has 0 atom stereocenters. The van der Waals surface area contributed by atoms with Crippen LogP contribution in [0.1, 0.15) is 11.1 Å². The Bertz CT molecular complexity index is 1220. The van der Waals surface area contributed by atoms with Gasteiger partial charge in [-0.15, -0.1) is 0 Å². The van der Waals surface area contributed by atoms with Crippen molar-refractivity contribution in [2.75, 3.05) is 4.72 Å². The van der Waals surface area contributed by atoms with Gasteiger partial charge in [-0.3, -0.25) is 4.72 Å². The van der Waals surface area contributed by atoms with E-state index in [1.54, 1.807) is 25.1 Å². The van der Waals surface area contributed by atoms with Crippen molar-refractivity contribution in [3.8, 4) is 0 Å². The zero-order valence-electron chi connectivity index (χ0n) is 15.2. The van der Waals surface area contributed by atoms with Crippen molar-refractivity contribution in [1.82, 2.24) is 0 Å². The van der Waals surface area contributed by atoms with Gasteiger partial charge < -0.3 is 0 Å². The van der Waals surface area contributed by atoms with E-state index in [-0.39, 0.29) is 25.9 Å². The number of anilines is 1. The van der Waals surface area contributed by atoms with Crippen LogP contribution >= 0.6 is 0 Å². The second-order valence-corrected chi connectivity index (χ2v) is 9.88. The number of halogens is 1. The Balaban J connectivity index is 2.12. The zero-order chi connectivity index (χ0) is 20.5. The molecule has 3 aromatic rings. The monoisotopic (exact) mass is 419 g/mol. The van der Waals surface area contributed by atoms with Gasteiger partial charge in [-0.05, 0) is 73.5 Å². The Morgan fingerprint density at radius 1 is 0.786 bits per heavy atom. The molecule has 28 heavy (non-hydrogen) atoms. The first-order chi connectivity index (χ1) is 13.1. The fourth-order valence-corrected chi connectivity index (χ4v) is 5.90. The zero-order valence-corrected chi connectivity index (χ0v) is 16.8. The molecule has 0 aliphatic heterocycles. The van der Waals surface area contributed by atoms with Crippen molar-refractivity contribution < 1.29 is 21.2 Å². The summed E-state index contributed by atoms with van der Waals surface area (Å²) in [5.74, 6) is -0.495. The third-order valence-electron chi connectivity index (χ3n) is 4.19. The molecule has 3 aromatic carbocycles. The van der Waals surface area contributed by atoms with Crippen molar-refractivity contribution in [1.29, 1.82) is 0 Å². The molecule has 0 unspecified atom stereocenters. The molecule has 8 heteroatoms. The van der Waals surface area contributed by atoms with E-state index >= 15 is 0 Å². The van der Waals surface area contributed by atoms with E-state index in [0.717, 1.165) is 12.1 Å². The Labute approximate surface area is 163 Å². The summed E-state index contributed by atoms with van der Waals surface area (Å²) in [7, 11) is -7.98. The number of sulfone groups is 1. The van der Waals surface area contributed by atoms with E-state index in [0.29, 0.717) is 5.56 Å². The molecule has 0 aliphatic carbocycles. The SMILES string of the molecule is Cc1cc(S(=O)(=O)Nc2ccc(F)cc2)c(C)c(S(=O)(=O)c2ccccc2)c1. The lowest BCUT2D eigenvalue weighted by molar-refractivity contribution is 0.594. The predicted octanol–water partition coefficient (Wildman–Crippen LogP) is 4.08. The van der Waals surface area contributed by atoms with E-state index in [2.05, 4.69) is 4.72 Å². The van der Waals surface area contributed by atoms with Gasteiger partial charge in [0.15, 0.2) is 0 Å². The summed E-state index contributed by atoms with van der Waals surface area (Å²) in [6, 6.07) is 15.5. The molecule has 0 heterocycles. The van der Waals surface area contributed by atoms with Gasteiger partial charge in [0.1, 0.15) is 5.82 Å².